The van der Waals surface area contributed by atoms with E-state index in [0.717, 1.165) is 0 Å². The summed E-state index contributed by atoms with van der Waals surface area (Å²) >= 11 is 18.1. The summed E-state index contributed by atoms with van der Waals surface area (Å²) in [6.07, 6.45) is -0.746. The summed E-state index contributed by atoms with van der Waals surface area (Å²) < 4.78 is 14.7. The number of hydrogen-bond donors (Lipinski definition) is 1. The molecule has 5 nitrogen and oxygen atoms in total. The van der Waals surface area contributed by atoms with Crippen LogP contribution in [0.15, 0.2) is 17.3 Å². The lowest BCUT2D eigenvalue weighted by molar-refractivity contribution is 0.175. The molecule has 0 unspecified atom stereocenters. The fourth-order valence-corrected chi connectivity index (χ4v) is 2.02. The van der Waals surface area contributed by atoms with E-state index in [4.69, 9.17) is 44.3 Å². The lowest BCUT2D eigenvalue weighted by Gasteiger charge is -2.12. The van der Waals surface area contributed by atoms with Gasteiger partial charge in [0.2, 0.25) is 0 Å². The number of halogens is 3. The fourth-order valence-electron chi connectivity index (χ4n) is 1.34. The molecule has 0 aromatic heterocycles. The Balaban J connectivity index is 3.24. The number of nitrogens with one attached hydrogen (secondary N) is 1. The lowest BCUT2D eigenvalue weighted by Crippen LogP contribution is -2.20. The molecule has 0 heterocycles. The molecular weight excluding hydrogens is 328 g/mol. The van der Waals surface area contributed by atoms with Crippen molar-refractivity contribution >= 4 is 45.9 Å². The van der Waals surface area contributed by atoms with Gasteiger partial charge in [-0.25, -0.2) is 4.79 Å². The molecule has 0 atom stereocenters. The van der Waals surface area contributed by atoms with Crippen molar-refractivity contribution in [2.45, 2.75) is 0 Å². The first-order valence-corrected chi connectivity index (χ1v) is 6.40. The number of carbonyl (C=O) groups excluding carboxylic acids is 1. The maximum absolute atomic E-state index is 11.1. The van der Waals surface area contributed by atoms with Crippen LogP contribution in [0.2, 0.25) is 5.02 Å². The quantitative estimate of drug-likeness (QED) is 0.847. The summed E-state index contributed by atoms with van der Waals surface area (Å²) in [5.74, 6) is 0.871. The number of rotatable bonds is 4. The molecule has 0 saturated carbocycles. The van der Waals surface area contributed by atoms with E-state index in [1.54, 1.807) is 6.07 Å². The van der Waals surface area contributed by atoms with Crippen molar-refractivity contribution in [1.29, 1.82) is 0 Å². The number of alkyl carbamates (subject to hydrolysis) is 1. The molecule has 1 aromatic carbocycles. The molecule has 0 spiro atoms. The number of methoxy groups -OCH3 is 3. The van der Waals surface area contributed by atoms with Gasteiger partial charge in [-0.1, -0.05) is 34.8 Å². The van der Waals surface area contributed by atoms with E-state index in [9.17, 15) is 4.79 Å². The zero-order valence-corrected chi connectivity index (χ0v) is 13.2. The molecule has 1 rings (SSSR count). The fraction of sp³-hybridized carbons (Fsp3) is 0.250. The van der Waals surface area contributed by atoms with Gasteiger partial charge in [-0.15, -0.1) is 0 Å². The third kappa shape index (κ3) is 3.85. The zero-order valence-electron chi connectivity index (χ0n) is 10.9. The van der Waals surface area contributed by atoms with Crippen LogP contribution in [0.1, 0.15) is 5.56 Å². The predicted octanol–water partition coefficient (Wildman–Crippen LogP) is 3.82. The molecule has 0 saturated heterocycles. The number of benzene rings is 1. The maximum Gasteiger partial charge on any atom is 0.412 e. The molecule has 110 valence electrons. The van der Waals surface area contributed by atoms with Crippen molar-refractivity contribution in [1.82, 2.24) is 5.32 Å². The average molecular weight is 341 g/mol. The van der Waals surface area contributed by atoms with Crippen LogP contribution >= 0.6 is 34.8 Å². The highest BCUT2D eigenvalue weighted by Gasteiger charge is 2.16. The van der Waals surface area contributed by atoms with Crippen molar-refractivity contribution in [3.8, 4) is 11.5 Å². The van der Waals surface area contributed by atoms with Crippen molar-refractivity contribution in [2.24, 2.45) is 0 Å². The first-order chi connectivity index (χ1) is 9.44. The van der Waals surface area contributed by atoms with Gasteiger partial charge in [-0.05, 0) is 6.07 Å². The third-order valence-electron chi connectivity index (χ3n) is 2.30. The topological polar surface area (TPSA) is 56.8 Å². The number of carbonyl (C=O) groups is 1. The third-order valence-corrected chi connectivity index (χ3v) is 3.39. The van der Waals surface area contributed by atoms with Crippen LogP contribution < -0.4 is 14.8 Å². The first-order valence-electron chi connectivity index (χ1n) is 5.26. The van der Waals surface area contributed by atoms with Gasteiger partial charge >= 0.3 is 6.09 Å². The molecule has 0 aliphatic carbocycles. The highest BCUT2D eigenvalue weighted by atomic mass is 35.5. The second-order valence-electron chi connectivity index (χ2n) is 3.43. The van der Waals surface area contributed by atoms with Gasteiger partial charge in [0.05, 0.1) is 31.4 Å². The Bertz CT molecular complexity index is 546. The van der Waals surface area contributed by atoms with Crippen LogP contribution in [0.4, 0.5) is 4.79 Å². The lowest BCUT2D eigenvalue weighted by atomic mass is 10.2. The Labute approximate surface area is 131 Å². The van der Waals surface area contributed by atoms with E-state index in [1.807, 2.05) is 0 Å². The molecule has 0 aliphatic heterocycles. The number of amides is 1. The van der Waals surface area contributed by atoms with E-state index in [1.165, 1.54) is 27.4 Å². The van der Waals surface area contributed by atoms with Crippen LogP contribution in [-0.4, -0.2) is 27.4 Å². The smallest absolute Gasteiger partial charge is 0.412 e. The van der Waals surface area contributed by atoms with E-state index in [-0.39, 0.29) is 15.2 Å². The molecule has 0 fully saturated rings. The van der Waals surface area contributed by atoms with Crippen molar-refractivity contribution in [2.75, 3.05) is 21.3 Å². The Morgan fingerprint density at radius 1 is 1.10 bits per heavy atom. The Hall–Kier alpha value is -1.30. The van der Waals surface area contributed by atoms with Gasteiger partial charge in [0.15, 0.2) is 11.5 Å². The second-order valence-corrected chi connectivity index (χ2v) is 4.59. The second kappa shape index (κ2) is 7.47. The van der Waals surface area contributed by atoms with Gasteiger partial charge in [0.1, 0.15) is 5.16 Å². The molecule has 1 N–H and O–H groups in total. The number of ether oxygens (including phenoxy) is 3. The van der Waals surface area contributed by atoms with Gasteiger partial charge in [-0.3, -0.25) is 5.32 Å². The van der Waals surface area contributed by atoms with Crippen molar-refractivity contribution in [3.05, 3.63) is 27.9 Å². The van der Waals surface area contributed by atoms with Crippen molar-refractivity contribution < 1.29 is 19.0 Å². The SMILES string of the molecule is COC(=O)N/C(Cl)=C(\Cl)c1cc(OC)c(OC)cc1Cl. The van der Waals surface area contributed by atoms with E-state index < -0.39 is 6.09 Å². The van der Waals surface area contributed by atoms with Gasteiger partial charge in [-0.2, -0.15) is 0 Å². The van der Waals surface area contributed by atoms with Crippen LogP contribution in [0.5, 0.6) is 11.5 Å². The minimum Gasteiger partial charge on any atom is -0.493 e. The van der Waals surface area contributed by atoms with Crippen LogP contribution in [0, 0.1) is 0 Å². The standard InChI is InChI=1S/C12H12Cl3NO4/c1-18-8-4-6(7(13)5-9(8)19-2)10(14)11(15)16-12(17)20-3/h4-5H,1-3H3,(H,16,17)/b11-10-. The summed E-state index contributed by atoms with van der Waals surface area (Å²) in [5, 5.41) is 2.46. The number of hydrogen-bond acceptors (Lipinski definition) is 4. The molecule has 20 heavy (non-hydrogen) atoms. The summed E-state index contributed by atoms with van der Waals surface area (Å²) in [4.78, 5) is 11.1. The molecule has 0 aliphatic rings. The van der Waals surface area contributed by atoms with Crippen LogP contribution in [0.25, 0.3) is 5.03 Å². The molecule has 8 heteroatoms. The summed E-state index contributed by atoms with van der Waals surface area (Å²) in [5.41, 5.74) is 0.382. The Morgan fingerprint density at radius 2 is 1.65 bits per heavy atom. The largest absolute Gasteiger partial charge is 0.493 e. The maximum atomic E-state index is 11.1. The monoisotopic (exact) mass is 339 g/mol. The molecule has 1 aromatic rings. The van der Waals surface area contributed by atoms with E-state index in [2.05, 4.69) is 10.1 Å². The Morgan fingerprint density at radius 3 is 2.15 bits per heavy atom. The molecule has 0 bridgehead atoms. The summed E-state index contributed by atoms with van der Waals surface area (Å²) in [6, 6.07) is 3.07. The predicted molar refractivity (Wildman–Crippen MR) is 78.7 cm³/mol. The minimum absolute atomic E-state index is 0.0445. The highest BCUT2D eigenvalue weighted by Crippen LogP contribution is 2.38. The van der Waals surface area contributed by atoms with E-state index in [0.29, 0.717) is 17.1 Å². The molecule has 1 amide bonds. The van der Waals surface area contributed by atoms with Crippen molar-refractivity contribution in [3.63, 3.8) is 0 Å². The normalized spacial score (nSPS) is 11.5. The van der Waals surface area contributed by atoms with Crippen LogP contribution in [0.3, 0.4) is 0 Å². The molecular formula is C12H12Cl3NO4. The first kappa shape index (κ1) is 16.8. The highest BCUT2D eigenvalue weighted by molar-refractivity contribution is 6.56. The average Bonchev–Trinajstić information content (AvgIpc) is 2.45. The van der Waals surface area contributed by atoms with Gasteiger partial charge < -0.3 is 14.2 Å². The molecule has 0 radical (unpaired) electrons. The zero-order chi connectivity index (χ0) is 15.3. The Kier molecular flexibility index (Phi) is 6.26. The minimum atomic E-state index is -0.746. The summed E-state index contributed by atoms with van der Waals surface area (Å²) in [7, 11) is 4.16. The van der Waals surface area contributed by atoms with Gasteiger partial charge in [0, 0.05) is 11.6 Å². The van der Waals surface area contributed by atoms with Crippen LogP contribution in [-0.2, 0) is 4.74 Å². The summed E-state index contributed by atoms with van der Waals surface area (Å²) in [6.45, 7) is 0. The van der Waals surface area contributed by atoms with E-state index >= 15 is 0 Å². The van der Waals surface area contributed by atoms with Gasteiger partial charge in [0.25, 0.3) is 0 Å².